The number of sulfonamides is 1. The lowest BCUT2D eigenvalue weighted by atomic mass is 9.82. The fourth-order valence-corrected chi connectivity index (χ4v) is 4.17. The van der Waals surface area contributed by atoms with E-state index < -0.39 is 10.0 Å². The van der Waals surface area contributed by atoms with Crippen LogP contribution in [0.2, 0.25) is 0 Å². The highest BCUT2D eigenvalue weighted by Gasteiger charge is 2.23. The molecule has 122 valence electrons. The van der Waals surface area contributed by atoms with Gasteiger partial charge in [-0.15, -0.1) is 11.3 Å². The zero-order chi connectivity index (χ0) is 16.1. The van der Waals surface area contributed by atoms with Gasteiger partial charge in [0, 0.05) is 11.4 Å². The van der Waals surface area contributed by atoms with E-state index in [0.717, 1.165) is 24.4 Å². The molecule has 0 aliphatic heterocycles. The third-order valence-electron chi connectivity index (χ3n) is 3.76. The minimum absolute atomic E-state index is 0.0922. The van der Waals surface area contributed by atoms with Crippen molar-refractivity contribution in [3.63, 3.8) is 0 Å². The Morgan fingerprint density at radius 3 is 2.52 bits per heavy atom. The Morgan fingerprint density at radius 2 is 1.95 bits per heavy atom. The fraction of sp³-hybridized carbons (Fsp3) is 0.733. The zero-order valence-electron chi connectivity index (χ0n) is 13.7. The molecule has 2 N–H and O–H groups in total. The second-order valence-electron chi connectivity index (χ2n) is 6.44. The number of hydrogen-bond donors (Lipinski definition) is 2. The molecule has 4 nitrogen and oxygen atoms in total. The van der Waals surface area contributed by atoms with E-state index in [9.17, 15) is 8.42 Å². The van der Waals surface area contributed by atoms with Crippen molar-refractivity contribution in [2.24, 2.45) is 11.3 Å². The monoisotopic (exact) mass is 332 g/mol. The molecule has 0 amide bonds. The number of likely N-dealkylation sites (N-methyl/N-ethyl adjacent to an activating group) is 1. The molecule has 1 unspecified atom stereocenters. The van der Waals surface area contributed by atoms with Crippen molar-refractivity contribution in [1.82, 2.24) is 10.0 Å². The van der Waals surface area contributed by atoms with Gasteiger partial charge >= 0.3 is 0 Å². The number of thiophene rings is 1. The Hall–Kier alpha value is -0.430. The molecule has 6 heteroatoms. The summed E-state index contributed by atoms with van der Waals surface area (Å²) in [6.07, 6.45) is 0.867. The Morgan fingerprint density at radius 1 is 1.29 bits per heavy atom. The summed E-state index contributed by atoms with van der Waals surface area (Å²) in [5, 5.41) is 3.24. The number of rotatable bonds is 8. The van der Waals surface area contributed by atoms with Crippen molar-refractivity contribution in [2.75, 3.05) is 19.6 Å². The van der Waals surface area contributed by atoms with Gasteiger partial charge in [0.25, 0.3) is 0 Å². The topological polar surface area (TPSA) is 58.2 Å². The number of hydrogen-bond acceptors (Lipinski definition) is 4. The molecule has 0 aliphatic rings. The average molecular weight is 333 g/mol. The van der Waals surface area contributed by atoms with E-state index in [4.69, 9.17) is 0 Å². The molecule has 0 aromatic carbocycles. The SMILES string of the molecule is CCNCCc1ccc(S(=O)(=O)NCC(C)C(C)(C)C)s1. The van der Waals surface area contributed by atoms with Gasteiger partial charge in [0.15, 0.2) is 0 Å². The predicted octanol–water partition coefficient (Wildman–Crippen LogP) is 2.86. The molecule has 0 saturated heterocycles. The van der Waals surface area contributed by atoms with Crippen LogP contribution in [0.4, 0.5) is 0 Å². The van der Waals surface area contributed by atoms with Gasteiger partial charge in [0.05, 0.1) is 0 Å². The maximum absolute atomic E-state index is 12.3. The van der Waals surface area contributed by atoms with Crippen LogP contribution in [0.15, 0.2) is 16.3 Å². The van der Waals surface area contributed by atoms with Crippen molar-refractivity contribution in [1.29, 1.82) is 0 Å². The Balaban J connectivity index is 2.62. The van der Waals surface area contributed by atoms with E-state index in [2.05, 4.69) is 44.7 Å². The molecule has 1 aromatic heterocycles. The van der Waals surface area contributed by atoms with Crippen molar-refractivity contribution in [2.45, 2.75) is 45.2 Å². The first-order chi connectivity index (χ1) is 9.66. The summed E-state index contributed by atoms with van der Waals surface area (Å²) in [4.78, 5) is 1.10. The molecule has 0 radical (unpaired) electrons. The molecule has 0 saturated carbocycles. The first kappa shape index (κ1) is 18.6. The quantitative estimate of drug-likeness (QED) is 0.720. The fourth-order valence-electron chi connectivity index (χ4n) is 1.64. The summed E-state index contributed by atoms with van der Waals surface area (Å²) in [7, 11) is -3.38. The molecule has 1 heterocycles. The van der Waals surface area contributed by atoms with Crippen molar-refractivity contribution < 1.29 is 8.42 Å². The van der Waals surface area contributed by atoms with Crippen LogP contribution in [0, 0.1) is 11.3 Å². The third-order valence-corrected chi connectivity index (χ3v) is 6.82. The summed E-state index contributed by atoms with van der Waals surface area (Å²) < 4.78 is 27.7. The first-order valence-corrected chi connectivity index (χ1v) is 9.76. The Labute approximate surface area is 133 Å². The van der Waals surface area contributed by atoms with Gasteiger partial charge in [-0.1, -0.05) is 34.6 Å². The van der Waals surface area contributed by atoms with Gasteiger partial charge in [-0.25, -0.2) is 13.1 Å². The maximum atomic E-state index is 12.3. The van der Waals surface area contributed by atoms with Gasteiger partial charge in [-0.3, -0.25) is 0 Å². The largest absolute Gasteiger partial charge is 0.317 e. The third kappa shape index (κ3) is 6.06. The second kappa shape index (κ2) is 7.72. The lowest BCUT2D eigenvalue weighted by molar-refractivity contribution is 0.263. The van der Waals surface area contributed by atoms with E-state index >= 15 is 0 Å². The normalized spacial score (nSPS) is 14.3. The summed E-state index contributed by atoms with van der Waals surface area (Å²) in [5.74, 6) is 0.278. The van der Waals surface area contributed by atoms with Gasteiger partial charge in [0.2, 0.25) is 10.0 Å². The summed E-state index contributed by atoms with van der Waals surface area (Å²) in [6, 6.07) is 3.61. The van der Waals surface area contributed by atoms with Crippen LogP contribution in [0.5, 0.6) is 0 Å². The van der Waals surface area contributed by atoms with Crippen LogP contribution in [0.25, 0.3) is 0 Å². The zero-order valence-corrected chi connectivity index (χ0v) is 15.3. The predicted molar refractivity (Wildman–Crippen MR) is 90.4 cm³/mol. The number of nitrogens with one attached hydrogen (secondary N) is 2. The lowest BCUT2D eigenvalue weighted by Crippen LogP contribution is -2.33. The highest BCUT2D eigenvalue weighted by atomic mass is 32.2. The van der Waals surface area contributed by atoms with Gasteiger partial charge in [-0.2, -0.15) is 0 Å². The van der Waals surface area contributed by atoms with Crippen LogP contribution >= 0.6 is 11.3 Å². The molecule has 0 aliphatic carbocycles. The highest BCUT2D eigenvalue weighted by molar-refractivity contribution is 7.91. The van der Waals surface area contributed by atoms with Crippen LogP contribution in [-0.4, -0.2) is 28.1 Å². The molecule has 1 aromatic rings. The van der Waals surface area contributed by atoms with E-state index in [0.29, 0.717) is 10.8 Å². The molecule has 1 atom stereocenters. The van der Waals surface area contributed by atoms with Gasteiger partial charge in [0.1, 0.15) is 4.21 Å². The summed E-state index contributed by atoms with van der Waals surface area (Å²) in [6.45, 7) is 12.8. The molecule has 1 rings (SSSR count). The smallest absolute Gasteiger partial charge is 0.250 e. The molecule has 0 bridgehead atoms. The summed E-state index contributed by atoms with van der Waals surface area (Å²) >= 11 is 1.36. The lowest BCUT2D eigenvalue weighted by Gasteiger charge is -2.27. The van der Waals surface area contributed by atoms with Crippen LogP contribution in [0.1, 0.15) is 39.5 Å². The molecule has 21 heavy (non-hydrogen) atoms. The summed E-state index contributed by atoms with van der Waals surface area (Å²) in [5.41, 5.74) is 0.0922. The van der Waals surface area contributed by atoms with E-state index in [1.807, 2.05) is 6.07 Å². The maximum Gasteiger partial charge on any atom is 0.250 e. The minimum Gasteiger partial charge on any atom is -0.317 e. The van der Waals surface area contributed by atoms with Gasteiger partial charge in [-0.05, 0) is 43.0 Å². The molecule has 0 fully saturated rings. The van der Waals surface area contributed by atoms with Crippen molar-refractivity contribution >= 4 is 21.4 Å². The average Bonchev–Trinajstić information content (AvgIpc) is 2.85. The van der Waals surface area contributed by atoms with Crippen molar-refractivity contribution in [3.8, 4) is 0 Å². The van der Waals surface area contributed by atoms with E-state index in [-0.39, 0.29) is 11.3 Å². The Bertz CT molecular complexity index is 530. The van der Waals surface area contributed by atoms with Crippen LogP contribution < -0.4 is 10.0 Å². The van der Waals surface area contributed by atoms with E-state index in [1.165, 1.54) is 11.3 Å². The van der Waals surface area contributed by atoms with Crippen LogP contribution in [-0.2, 0) is 16.4 Å². The first-order valence-electron chi connectivity index (χ1n) is 7.46. The van der Waals surface area contributed by atoms with Gasteiger partial charge < -0.3 is 5.32 Å². The highest BCUT2D eigenvalue weighted by Crippen LogP contribution is 2.26. The second-order valence-corrected chi connectivity index (χ2v) is 9.61. The Kier molecular flexibility index (Phi) is 6.84. The van der Waals surface area contributed by atoms with Crippen molar-refractivity contribution in [3.05, 3.63) is 17.0 Å². The molecule has 0 spiro atoms. The standard InChI is InChI=1S/C15H28N2O2S2/c1-6-16-10-9-13-7-8-14(20-13)21(18,19)17-11-12(2)15(3,4)5/h7-8,12,16-17H,6,9-11H2,1-5H3. The minimum atomic E-state index is -3.38. The van der Waals surface area contributed by atoms with Crippen LogP contribution in [0.3, 0.4) is 0 Å². The van der Waals surface area contributed by atoms with E-state index in [1.54, 1.807) is 6.07 Å². The molecular formula is C15H28N2O2S2. The molecular weight excluding hydrogens is 304 g/mol.